The van der Waals surface area contributed by atoms with Crippen molar-refractivity contribution in [2.45, 2.75) is 52.3 Å². The van der Waals surface area contributed by atoms with Crippen molar-refractivity contribution in [2.24, 2.45) is 5.92 Å². The van der Waals surface area contributed by atoms with Crippen LogP contribution in [-0.2, 0) is 10.0 Å². The van der Waals surface area contributed by atoms with Crippen LogP contribution in [0.4, 0.5) is 0 Å². The van der Waals surface area contributed by atoms with E-state index in [4.69, 9.17) is 0 Å². The average molecular weight is 221 g/mol. The van der Waals surface area contributed by atoms with E-state index in [2.05, 4.69) is 13.8 Å². The van der Waals surface area contributed by atoms with Crippen LogP contribution in [0.25, 0.3) is 0 Å². The second kappa shape index (κ2) is 5.12. The minimum Gasteiger partial charge on any atom is -0.212 e. The summed E-state index contributed by atoms with van der Waals surface area (Å²) >= 11 is 0. The van der Waals surface area contributed by atoms with Gasteiger partial charge in [0.25, 0.3) is 0 Å². The van der Waals surface area contributed by atoms with E-state index in [1.807, 2.05) is 6.92 Å². The molecule has 0 radical (unpaired) electrons. The minimum atomic E-state index is -3.09. The molecule has 0 amide bonds. The molecule has 0 aliphatic heterocycles. The van der Waals surface area contributed by atoms with Gasteiger partial charge in [-0.05, 0) is 33.1 Å². The first-order chi connectivity index (χ1) is 6.19. The zero-order valence-corrected chi connectivity index (χ0v) is 10.9. The summed E-state index contributed by atoms with van der Waals surface area (Å²) in [4.78, 5) is 0. The Balaban J connectivity index is 4.54. The molecule has 0 N–H and O–H groups in total. The zero-order valence-electron chi connectivity index (χ0n) is 10.1. The van der Waals surface area contributed by atoms with E-state index in [0.717, 1.165) is 6.42 Å². The van der Waals surface area contributed by atoms with Crippen LogP contribution in [0.1, 0.15) is 41.0 Å². The van der Waals surface area contributed by atoms with Gasteiger partial charge in [0.2, 0.25) is 10.0 Å². The first-order valence-corrected chi connectivity index (χ1v) is 6.66. The SMILES string of the molecule is CC(C)C[C@@H](C)N(C)S(=O)(=O)C(C)C. The van der Waals surface area contributed by atoms with Crippen LogP contribution in [-0.4, -0.2) is 31.1 Å². The van der Waals surface area contributed by atoms with E-state index >= 15 is 0 Å². The molecule has 14 heavy (non-hydrogen) atoms. The summed E-state index contributed by atoms with van der Waals surface area (Å²) in [6, 6.07) is 0.0856. The molecule has 0 aromatic rings. The fraction of sp³-hybridized carbons (Fsp3) is 1.00. The van der Waals surface area contributed by atoms with Crippen LogP contribution in [0, 0.1) is 5.92 Å². The van der Waals surface area contributed by atoms with Crippen molar-refractivity contribution in [1.82, 2.24) is 4.31 Å². The summed E-state index contributed by atoms with van der Waals surface area (Å²) in [5.74, 6) is 0.523. The molecule has 86 valence electrons. The Bertz CT molecular complexity index is 257. The second-order valence-corrected chi connectivity index (χ2v) is 7.14. The Labute approximate surface area is 88.5 Å². The number of rotatable bonds is 5. The third-order valence-corrected chi connectivity index (χ3v) is 4.78. The van der Waals surface area contributed by atoms with E-state index < -0.39 is 10.0 Å². The summed E-state index contributed by atoms with van der Waals surface area (Å²) in [6.07, 6.45) is 0.905. The highest BCUT2D eigenvalue weighted by molar-refractivity contribution is 7.89. The zero-order chi connectivity index (χ0) is 11.5. The highest BCUT2D eigenvalue weighted by Gasteiger charge is 2.26. The van der Waals surface area contributed by atoms with Gasteiger partial charge < -0.3 is 0 Å². The first-order valence-electron chi connectivity index (χ1n) is 5.16. The third kappa shape index (κ3) is 3.58. The summed E-state index contributed by atoms with van der Waals surface area (Å²) < 4.78 is 25.1. The third-order valence-electron chi connectivity index (χ3n) is 2.43. The van der Waals surface area contributed by atoms with Crippen LogP contribution in [0.3, 0.4) is 0 Å². The van der Waals surface area contributed by atoms with Crippen molar-refractivity contribution in [2.75, 3.05) is 7.05 Å². The van der Waals surface area contributed by atoms with E-state index in [9.17, 15) is 8.42 Å². The Morgan fingerprint density at radius 3 is 1.79 bits per heavy atom. The van der Waals surface area contributed by atoms with Gasteiger partial charge in [0.1, 0.15) is 0 Å². The molecule has 0 spiro atoms. The Hall–Kier alpha value is -0.0900. The van der Waals surface area contributed by atoms with Gasteiger partial charge in [0.15, 0.2) is 0 Å². The Morgan fingerprint density at radius 2 is 1.50 bits per heavy atom. The number of hydrogen-bond donors (Lipinski definition) is 0. The van der Waals surface area contributed by atoms with Crippen LogP contribution in [0.15, 0.2) is 0 Å². The van der Waals surface area contributed by atoms with Crippen LogP contribution >= 0.6 is 0 Å². The van der Waals surface area contributed by atoms with Crippen molar-refractivity contribution in [3.8, 4) is 0 Å². The predicted octanol–water partition coefficient (Wildman–Crippen LogP) is 2.09. The molecule has 0 bridgehead atoms. The van der Waals surface area contributed by atoms with E-state index in [0.29, 0.717) is 5.92 Å². The second-order valence-electron chi connectivity index (χ2n) is 4.59. The van der Waals surface area contributed by atoms with Gasteiger partial charge in [-0.15, -0.1) is 0 Å². The first kappa shape index (κ1) is 13.9. The summed E-state index contributed by atoms with van der Waals surface area (Å²) in [5.41, 5.74) is 0. The molecule has 0 fully saturated rings. The molecule has 0 saturated carbocycles. The summed E-state index contributed by atoms with van der Waals surface area (Å²) in [6.45, 7) is 9.60. The molecule has 0 aliphatic carbocycles. The predicted molar refractivity (Wildman–Crippen MR) is 60.7 cm³/mol. The highest BCUT2D eigenvalue weighted by Crippen LogP contribution is 2.15. The van der Waals surface area contributed by atoms with Gasteiger partial charge in [0.05, 0.1) is 5.25 Å². The maximum Gasteiger partial charge on any atom is 0.216 e. The molecular formula is C10H23NO2S. The Kier molecular flexibility index (Phi) is 5.09. The fourth-order valence-corrected chi connectivity index (χ4v) is 2.67. The van der Waals surface area contributed by atoms with Crippen LogP contribution < -0.4 is 0 Å². The smallest absolute Gasteiger partial charge is 0.212 e. The lowest BCUT2D eigenvalue weighted by Crippen LogP contribution is -2.39. The van der Waals surface area contributed by atoms with Crippen molar-refractivity contribution < 1.29 is 8.42 Å². The van der Waals surface area contributed by atoms with E-state index in [-0.39, 0.29) is 11.3 Å². The molecular weight excluding hydrogens is 198 g/mol. The molecule has 0 unspecified atom stereocenters. The van der Waals surface area contributed by atoms with Crippen LogP contribution in [0.5, 0.6) is 0 Å². The summed E-state index contributed by atoms with van der Waals surface area (Å²) in [7, 11) is -1.42. The monoisotopic (exact) mass is 221 g/mol. The molecule has 4 heteroatoms. The van der Waals surface area contributed by atoms with Crippen molar-refractivity contribution in [3.63, 3.8) is 0 Å². The number of hydrogen-bond acceptors (Lipinski definition) is 2. The molecule has 0 heterocycles. The lowest BCUT2D eigenvalue weighted by atomic mass is 10.1. The molecule has 0 aromatic heterocycles. The van der Waals surface area contributed by atoms with Gasteiger partial charge in [-0.3, -0.25) is 0 Å². The van der Waals surface area contributed by atoms with E-state index in [1.54, 1.807) is 20.9 Å². The fourth-order valence-electron chi connectivity index (χ4n) is 1.41. The van der Waals surface area contributed by atoms with Crippen molar-refractivity contribution in [1.29, 1.82) is 0 Å². The lowest BCUT2D eigenvalue weighted by Gasteiger charge is -2.27. The van der Waals surface area contributed by atoms with Gasteiger partial charge >= 0.3 is 0 Å². The van der Waals surface area contributed by atoms with Crippen LogP contribution in [0.2, 0.25) is 0 Å². The van der Waals surface area contributed by atoms with Gasteiger partial charge in [-0.2, -0.15) is 0 Å². The van der Waals surface area contributed by atoms with Gasteiger partial charge in [0, 0.05) is 13.1 Å². The molecule has 0 aliphatic rings. The highest BCUT2D eigenvalue weighted by atomic mass is 32.2. The van der Waals surface area contributed by atoms with E-state index in [1.165, 1.54) is 4.31 Å². The topological polar surface area (TPSA) is 37.4 Å². The molecule has 0 aromatic carbocycles. The Morgan fingerprint density at radius 1 is 1.07 bits per heavy atom. The number of sulfonamides is 1. The molecule has 0 rings (SSSR count). The maximum absolute atomic E-state index is 11.8. The van der Waals surface area contributed by atoms with Gasteiger partial charge in [-0.1, -0.05) is 13.8 Å². The quantitative estimate of drug-likeness (QED) is 0.713. The summed E-state index contributed by atoms with van der Waals surface area (Å²) in [5, 5.41) is -0.331. The lowest BCUT2D eigenvalue weighted by molar-refractivity contribution is 0.335. The average Bonchev–Trinajstić information content (AvgIpc) is 2.01. The number of nitrogens with zero attached hydrogens (tertiary/aromatic N) is 1. The van der Waals surface area contributed by atoms with Gasteiger partial charge in [-0.25, -0.2) is 12.7 Å². The minimum absolute atomic E-state index is 0.0856. The van der Waals surface area contributed by atoms with Crippen molar-refractivity contribution >= 4 is 10.0 Å². The van der Waals surface area contributed by atoms with Crippen molar-refractivity contribution in [3.05, 3.63) is 0 Å². The molecule has 3 nitrogen and oxygen atoms in total. The molecule has 1 atom stereocenters. The molecule has 0 saturated heterocycles. The largest absolute Gasteiger partial charge is 0.216 e. The normalized spacial score (nSPS) is 15.5. The maximum atomic E-state index is 11.8. The standard InChI is InChI=1S/C10H23NO2S/c1-8(2)7-10(5)11(6)14(12,13)9(3)4/h8-10H,7H2,1-6H3/t10-/m1/s1.